The topological polar surface area (TPSA) is 67.4 Å². The number of hydrogen-bond donors (Lipinski definition) is 0. The highest BCUT2D eigenvalue weighted by Gasteiger charge is 2.43. The van der Waals surface area contributed by atoms with Crippen LogP contribution in [0.4, 0.5) is 0 Å². The van der Waals surface area contributed by atoms with Gasteiger partial charge in [0.1, 0.15) is 0 Å². The third-order valence-corrected chi connectivity index (χ3v) is 11.5. The SMILES string of the molecule is CN(C)S(=O)(=O)N1CCN(C2CN(CC[C@]3(c4ccc(Cl)c(Cl)c4)CCC(=O)N(CC4CC4)C3)C2)CC1. The molecule has 0 unspecified atom stereocenters. The van der Waals surface area contributed by atoms with Crippen LogP contribution in [0.25, 0.3) is 0 Å². The van der Waals surface area contributed by atoms with Gasteiger partial charge in [0.2, 0.25) is 5.91 Å². The second-order valence-electron chi connectivity index (χ2n) is 11.5. The largest absolute Gasteiger partial charge is 0.342 e. The van der Waals surface area contributed by atoms with Gasteiger partial charge in [-0.1, -0.05) is 29.3 Å². The first-order valence-electron chi connectivity index (χ1n) is 13.4. The fourth-order valence-corrected chi connectivity index (χ4v) is 7.47. The van der Waals surface area contributed by atoms with Gasteiger partial charge in [-0.25, -0.2) is 0 Å². The second-order valence-corrected chi connectivity index (χ2v) is 14.5. The lowest BCUT2D eigenvalue weighted by Crippen LogP contribution is -2.64. The van der Waals surface area contributed by atoms with Gasteiger partial charge in [0.05, 0.1) is 10.0 Å². The Labute approximate surface area is 231 Å². The highest BCUT2D eigenvalue weighted by Crippen LogP contribution is 2.42. The molecule has 0 bridgehead atoms. The van der Waals surface area contributed by atoms with Crippen molar-refractivity contribution < 1.29 is 13.2 Å². The molecule has 1 aliphatic carbocycles. The Bertz CT molecular complexity index is 1100. The van der Waals surface area contributed by atoms with E-state index in [0.717, 1.165) is 58.7 Å². The standard InChI is InChI=1S/C26H39Cl2N5O3S/c1-29(2)37(35,36)33-13-11-31(12-14-33)22-17-30(18-22)10-9-26(21-5-6-23(27)24(28)15-21)8-7-25(34)32(19-26)16-20-3-4-20/h5-6,15,20,22H,3-4,7-14,16-19H2,1-2H3/t26-/m1/s1. The van der Waals surface area contributed by atoms with E-state index in [1.807, 2.05) is 12.1 Å². The van der Waals surface area contributed by atoms with Crippen LogP contribution in [0.2, 0.25) is 10.0 Å². The Morgan fingerprint density at radius 2 is 1.76 bits per heavy atom. The van der Waals surface area contributed by atoms with E-state index in [1.165, 1.54) is 22.7 Å². The number of rotatable bonds is 9. The number of piperidine rings is 1. The molecule has 4 aliphatic rings. The van der Waals surface area contributed by atoms with Crippen molar-refractivity contribution >= 4 is 39.3 Å². The summed E-state index contributed by atoms with van der Waals surface area (Å²) in [6.07, 6.45) is 4.85. The van der Waals surface area contributed by atoms with E-state index >= 15 is 0 Å². The molecule has 206 valence electrons. The first-order chi connectivity index (χ1) is 17.6. The van der Waals surface area contributed by atoms with Gasteiger partial charge in [-0.05, 0) is 55.8 Å². The van der Waals surface area contributed by atoms with Crippen LogP contribution in [0, 0.1) is 5.92 Å². The molecule has 4 fully saturated rings. The molecule has 11 heteroatoms. The fraction of sp³-hybridized carbons (Fsp3) is 0.731. The van der Waals surface area contributed by atoms with Crippen molar-refractivity contribution in [1.29, 1.82) is 0 Å². The molecule has 3 heterocycles. The molecule has 1 atom stereocenters. The number of nitrogens with zero attached hydrogens (tertiary/aromatic N) is 5. The van der Waals surface area contributed by atoms with E-state index in [-0.39, 0.29) is 11.3 Å². The van der Waals surface area contributed by atoms with Gasteiger partial charge in [-0.15, -0.1) is 0 Å². The highest BCUT2D eigenvalue weighted by atomic mass is 35.5. The highest BCUT2D eigenvalue weighted by molar-refractivity contribution is 7.86. The summed E-state index contributed by atoms with van der Waals surface area (Å²) in [7, 11) is -0.163. The van der Waals surface area contributed by atoms with E-state index in [2.05, 4.69) is 20.8 Å². The lowest BCUT2D eigenvalue weighted by Gasteiger charge is -2.50. The van der Waals surface area contributed by atoms with E-state index in [9.17, 15) is 13.2 Å². The summed E-state index contributed by atoms with van der Waals surface area (Å²) >= 11 is 12.7. The molecule has 0 N–H and O–H groups in total. The summed E-state index contributed by atoms with van der Waals surface area (Å²) in [6.45, 7) is 7.24. The zero-order valence-electron chi connectivity index (χ0n) is 21.9. The zero-order valence-corrected chi connectivity index (χ0v) is 24.2. The average molecular weight is 573 g/mol. The number of amides is 1. The normalized spacial score (nSPS) is 27.2. The third-order valence-electron chi connectivity index (χ3n) is 8.79. The Morgan fingerprint density at radius 3 is 2.38 bits per heavy atom. The number of halogens is 2. The van der Waals surface area contributed by atoms with Crippen molar-refractivity contribution in [2.45, 2.75) is 43.6 Å². The summed E-state index contributed by atoms with van der Waals surface area (Å²) in [5.74, 6) is 0.944. The molecule has 8 nitrogen and oxygen atoms in total. The van der Waals surface area contributed by atoms with Gasteiger partial charge in [-0.2, -0.15) is 17.0 Å². The Kier molecular flexibility index (Phi) is 8.14. The molecule has 0 spiro atoms. The number of likely N-dealkylation sites (tertiary alicyclic amines) is 2. The minimum absolute atomic E-state index is 0.117. The van der Waals surface area contributed by atoms with Gasteiger partial charge in [0.25, 0.3) is 10.2 Å². The Hall–Kier alpha value is -0.940. The van der Waals surface area contributed by atoms with Crippen LogP contribution in [0.1, 0.15) is 37.7 Å². The van der Waals surface area contributed by atoms with E-state index in [1.54, 1.807) is 18.4 Å². The predicted molar refractivity (Wildman–Crippen MR) is 147 cm³/mol. The van der Waals surface area contributed by atoms with Crippen molar-refractivity contribution in [3.8, 4) is 0 Å². The van der Waals surface area contributed by atoms with Crippen molar-refractivity contribution in [1.82, 2.24) is 23.3 Å². The average Bonchev–Trinajstić information content (AvgIpc) is 3.66. The molecule has 0 radical (unpaired) electrons. The molecular formula is C26H39Cl2N5O3S. The zero-order chi connectivity index (χ0) is 26.4. The fourth-order valence-electron chi connectivity index (χ4n) is 6.08. The van der Waals surface area contributed by atoms with Gasteiger partial charge < -0.3 is 9.80 Å². The molecule has 1 saturated carbocycles. The van der Waals surface area contributed by atoms with E-state index in [0.29, 0.717) is 41.5 Å². The van der Waals surface area contributed by atoms with Gasteiger partial charge in [0.15, 0.2) is 0 Å². The van der Waals surface area contributed by atoms with Crippen LogP contribution in [0.15, 0.2) is 18.2 Å². The van der Waals surface area contributed by atoms with Gasteiger partial charge >= 0.3 is 0 Å². The molecule has 1 amide bonds. The smallest absolute Gasteiger partial charge is 0.281 e. The van der Waals surface area contributed by atoms with Crippen LogP contribution < -0.4 is 0 Å². The Morgan fingerprint density at radius 1 is 1.05 bits per heavy atom. The number of piperazine rings is 1. The van der Waals surface area contributed by atoms with Crippen LogP contribution in [-0.4, -0.2) is 117 Å². The minimum atomic E-state index is -3.34. The minimum Gasteiger partial charge on any atom is -0.342 e. The predicted octanol–water partition coefficient (Wildman–Crippen LogP) is 2.76. The first-order valence-corrected chi connectivity index (χ1v) is 15.6. The van der Waals surface area contributed by atoms with Crippen LogP contribution in [-0.2, 0) is 20.4 Å². The maximum atomic E-state index is 12.8. The number of carbonyl (C=O) groups excluding carboxylic acids is 1. The maximum Gasteiger partial charge on any atom is 0.281 e. The van der Waals surface area contributed by atoms with Crippen LogP contribution in [0.5, 0.6) is 0 Å². The molecule has 37 heavy (non-hydrogen) atoms. The lowest BCUT2D eigenvalue weighted by molar-refractivity contribution is -0.136. The monoisotopic (exact) mass is 571 g/mol. The summed E-state index contributed by atoms with van der Waals surface area (Å²) in [5, 5.41) is 1.13. The maximum absolute atomic E-state index is 12.8. The summed E-state index contributed by atoms with van der Waals surface area (Å²) < 4.78 is 27.7. The van der Waals surface area contributed by atoms with Crippen LogP contribution in [0.3, 0.4) is 0 Å². The molecular weight excluding hydrogens is 533 g/mol. The van der Waals surface area contributed by atoms with E-state index < -0.39 is 10.2 Å². The number of benzene rings is 1. The number of carbonyl (C=O) groups is 1. The molecule has 1 aromatic rings. The molecule has 1 aromatic carbocycles. The quantitative estimate of drug-likeness (QED) is 0.456. The lowest BCUT2D eigenvalue weighted by atomic mass is 9.71. The van der Waals surface area contributed by atoms with Crippen molar-refractivity contribution in [2.75, 3.05) is 73.0 Å². The van der Waals surface area contributed by atoms with Crippen molar-refractivity contribution in [2.24, 2.45) is 5.92 Å². The molecule has 3 saturated heterocycles. The molecule has 3 aliphatic heterocycles. The molecule has 0 aromatic heterocycles. The molecule has 5 rings (SSSR count). The van der Waals surface area contributed by atoms with Crippen molar-refractivity contribution in [3.63, 3.8) is 0 Å². The van der Waals surface area contributed by atoms with E-state index in [4.69, 9.17) is 23.2 Å². The van der Waals surface area contributed by atoms with Gasteiger partial charge in [-0.3, -0.25) is 9.69 Å². The number of hydrogen-bond acceptors (Lipinski definition) is 5. The van der Waals surface area contributed by atoms with Gasteiger partial charge in [0, 0.05) is 84.3 Å². The summed E-state index contributed by atoms with van der Waals surface area (Å²) in [5.41, 5.74) is 1.07. The van der Waals surface area contributed by atoms with Crippen LogP contribution >= 0.6 is 23.2 Å². The second kappa shape index (κ2) is 10.9. The third kappa shape index (κ3) is 5.98. The Balaban J connectivity index is 1.19. The summed E-state index contributed by atoms with van der Waals surface area (Å²) in [4.78, 5) is 19.8. The van der Waals surface area contributed by atoms with Crippen molar-refractivity contribution in [3.05, 3.63) is 33.8 Å². The summed E-state index contributed by atoms with van der Waals surface area (Å²) in [6, 6.07) is 6.47. The first kappa shape index (κ1) is 27.6.